The van der Waals surface area contributed by atoms with E-state index in [0.29, 0.717) is 12.2 Å². The number of hydrogen-bond donors (Lipinski definition) is 0. The van der Waals surface area contributed by atoms with Gasteiger partial charge in [0.25, 0.3) is 0 Å². The highest BCUT2D eigenvalue weighted by atomic mass is 35.5. The highest BCUT2D eigenvalue weighted by molar-refractivity contribution is 6.30. The van der Waals surface area contributed by atoms with Crippen molar-refractivity contribution in [1.29, 1.82) is 0 Å². The van der Waals surface area contributed by atoms with E-state index in [0.717, 1.165) is 42.0 Å². The van der Waals surface area contributed by atoms with Crippen molar-refractivity contribution in [2.24, 2.45) is 5.41 Å². The van der Waals surface area contributed by atoms with Gasteiger partial charge in [-0.1, -0.05) is 24.4 Å². The Kier molecular flexibility index (Phi) is 2.86. The summed E-state index contributed by atoms with van der Waals surface area (Å²) in [5.41, 5.74) is 0.876. The Labute approximate surface area is 112 Å². The van der Waals surface area contributed by atoms with Crippen molar-refractivity contribution in [2.75, 3.05) is 0 Å². The first kappa shape index (κ1) is 12.0. The van der Waals surface area contributed by atoms with Crippen LogP contribution in [0.5, 0.6) is 5.75 Å². The Morgan fingerprint density at radius 2 is 2.06 bits per heavy atom. The molecule has 2 aliphatic rings. The number of carbonyl (C=O) groups excluding carboxylic acids is 1. The Morgan fingerprint density at radius 3 is 2.67 bits per heavy atom. The van der Waals surface area contributed by atoms with Crippen molar-refractivity contribution in [1.82, 2.24) is 0 Å². The van der Waals surface area contributed by atoms with Crippen LogP contribution in [0.1, 0.15) is 37.7 Å². The summed E-state index contributed by atoms with van der Waals surface area (Å²) in [5, 5.41) is 0.722. The minimum absolute atomic E-state index is 0.0763. The van der Waals surface area contributed by atoms with Crippen LogP contribution < -0.4 is 4.74 Å². The molecule has 3 rings (SSSR count). The van der Waals surface area contributed by atoms with Crippen LogP contribution in [0, 0.1) is 12.3 Å². The van der Waals surface area contributed by atoms with Crippen molar-refractivity contribution in [2.45, 2.75) is 45.1 Å². The molecule has 0 aliphatic heterocycles. The monoisotopic (exact) mass is 264 g/mol. The van der Waals surface area contributed by atoms with Gasteiger partial charge in [-0.15, -0.1) is 0 Å². The summed E-state index contributed by atoms with van der Waals surface area (Å²) in [5.74, 6) is 1.26. The number of hydrogen-bond acceptors (Lipinski definition) is 2. The van der Waals surface area contributed by atoms with Crippen LogP contribution in [0.2, 0.25) is 5.02 Å². The van der Waals surface area contributed by atoms with E-state index >= 15 is 0 Å². The minimum Gasteiger partial charge on any atom is -0.489 e. The number of ketones is 1. The summed E-state index contributed by atoms with van der Waals surface area (Å²) in [7, 11) is 0. The van der Waals surface area contributed by atoms with Crippen LogP contribution in [0.15, 0.2) is 18.2 Å². The maximum absolute atomic E-state index is 11.9. The van der Waals surface area contributed by atoms with Crippen molar-refractivity contribution < 1.29 is 9.53 Å². The minimum atomic E-state index is -0.161. The van der Waals surface area contributed by atoms with Gasteiger partial charge >= 0.3 is 0 Å². The molecule has 1 unspecified atom stereocenters. The van der Waals surface area contributed by atoms with Crippen molar-refractivity contribution >= 4 is 17.4 Å². The molecule has 0 N–H and O–H groups in total. The summed E-state index contributed by atoms with van der Waals surface area (Å²) >= 11 is 5.94. The standard InChI is InChI=1S/C15H17ClO2/c1-10-8-11(16)4-5-12(10)18-14-9-13(17)15(14)6-2-3-7-15/h4-5,8,14H,2-3,6-7,9H2,1H3. The smallest absolute Gasteiger partial charge is 0.146 e. The molecule has 0 radical (unpaired) electrons. The third-order valence-electron chi connectivity index (χ3n) is 4.44. The Balaban J connectivity index is 1.79. The molecule has 96 valence electrons. The van der Waals surface area contributed by atoms with Gasteiger partial charge in [-0.3, -0.25) is 4.79 Å². The number of rotatable bonds is 2. The van der Waals surface area contributed by atoms with E-state index in [1.54, 1.807) is 0 Å². The Bertz CT molecular complexity index is 489. The highest BCUT2D eigenvalue weighted by Gasteiger charge is 2.57. The van der Waals surface area contributed by atoms with Crippen LogP contribution in [-0.4, -0.2) is 11.9 Å². The second kappa shape index (κ2) is 4.27. The van der Waals surface area contributed by atoms with Gasteiger partial charge in [0, 0.05) is 11.4 Å². The molecule has 1 aromatic carbocycles. The molecule has 18 heavy (non-hydrogen) atoms. The molecule has 2 fully saturated rings. The molecule has 3 heteroatoms. The molecule has 2 aliphatic carbocycles. The summed E-state index contributed by atoms with van der Waals surface area (Å²) in [6, 6.07) is 5.65. The van der Waals surface area contributed by atoms with Gasteiger partial charge < -0.3 is 4.74 Å². The summed E-state index contributed by atoms with van der Waals surface area (Å²) in [6.45, 7) is 1.99. The molecule has 0 saturated heterocycles. The molecule has 0 heterocycles. The van der Waals surface area contributed by atoms with Crippen LogP contribution in [0.3, 0.4) is 0 Å². The predicted octanol–water partition coefficient (Wildman–Crippen LogP) is 3.93. The number of ether oxygens (including phenoxy) is 1. The van der Waals surface area contributed by atoms with Crippen LogP contribution in [0.25, 0.3) is 0 Å². The molecular formula is C15H17ClO2. The van der Waals surface area contributed by atoms with Gasteiger partial charge in [-0.25, -0.2) is 0 Å². The molecule has 1 aromatic rings. The quantitative estimate of drug-likeness (QED) is 0.809. The molecule has 1 atom stereocenters. The lowest BCUT2D eigenvalue weighted by atomic mass is 9.63. The zero-order valence-electron chi connectivity index (χ0n) is 10.5. The first-order chi connectivity index (χ1) is 8.62. The van der Waals surface area contributed by atoms with Crippen LogP contribution >= 0.6 is 11.6 Å². The largest absolute Gasteiger partial charge is 0.489 e. The fourth-order valence-corrected chi connectivity index (χ4v) is 3.50. The molecule has 2 nitrogen and oxygen atoms in total. The summed E-state index contributed by atoms with van der Waals surface area (Å²) in [4.78, 5) is 11.9. The Hall–Kier alpha value is -1.02. The van der Waals surface area contributed by atoms with E-state index < -0.39 is 0 Å². The lowest BCUT2D eigenvalue weighted by molar-refractivity contribution is -0.151. The van der Waals surface area contributed by atoms with Gasteiger partial charge in [0.05, 0.1) is 5.41 Å². The first-order valence-corrected chi connectivity index (χ1v) is 6.96. The van der Waals surface area contributed by atoms with Gasteiger partial charge in [-0.2, -0.15) is 0 Å². The molecule has 1 spiro atoms. The molecule has 0 amide bonds. The summed E-state index contributed by atoms with van der Waals surface area (Å²) in [6.07, 6.45) is 4.97. The second-order valence-corrected chi connectivity index (χ2v) is 5.94. The number of aryl methyl sites for hydroxylation is 1. The van der Waals surface area contributed by atoms with Crippen LogP contribution in [0.4, 0.5) is 0 Å². The van der Waals surface area contributed by atoms with Crippen molar-refractivity contribution in [3.8, 4) is 5.75 Å². The summed E-state index contributed by atoms with van der Waals surface area (Å²) < 4.78 is 6.06. The topological polar surface area (TPSA) is 26.3 Å². The number of halogens is 1. The maximum Gasteiger partial charge on any atom is 0.146 e. The average molecular weight is 265 g/mol. The van der Waals surface area contributed by atoms with E-state index in [2.05, 4.69) is 0 Å². The molecule has 2 saturated carbocycles. The van der Waals surface area contributed by atoms with Gasteiger partial charge in [-0.05, 0) is 43.5 Å². The van der Waals surface area contributed by atoms with Crippen LogP contribution in [-0.2, 0) is 4.79 Å². The number of Topliss-reactive ketones (excluding diaryl/α,β-unsaturated/α-hetero) is 1. The Morgan fingerprint density at radius 1 is 1.33 bits per heavy atom. The third-order valence-corrected chi connectivity index (χ3v) is 4.68. The third kappa shape index (κ3) is 1.74. The number of carbonyl (C=O) groups is 1. The van der Waals surface area contributed by atoms with Gasteiger partial charge in [0.15, 0.2) is 0 Å². The lowest BCUT2D eigenvalue weighted by Crippen LogP contribution is -2.55. The van der Waals surface area contributed by atoms with E-state index in [1.165, 1.54) is 0 Å². The van der Waals surface area contributed by atoms with E-state index in [-0.39, 0.29) is 11.5 Å². The van der Waals surface area contributed by atoms with Crippen molar-refractivity contribution in [3.05, 3.63) is 28.8 Å². The highest BCUT2D eigenvalue weighted by Crippen LogP contribution is 2.52. The fraction of sp³-hybridized carbons (Fsp3) is 0.533. The van der Waals surface area contributed by atoms with Crippen molar-refractivity contribution in [3.63, 3.8) is 0 Å². The molecule has 0 aromatic heterocycles. The average Bonchev–Trinajstić information content (AvgIpc) is 2.83. The SMILES string of the molecule is Cc1cc(Cl)ccc1OC1CC(=O)C12CCCC2. The molecule has 0 bridgehead atoms. The van der Waals surface area contributed by atoms with E-state index in [1.807, 2.05) is 25.1 Å². The normalized spacial score (nSPS) is 25.2. The van der Waals surface area contributed by atoms with Gasteiger partial charge in [0.2, 0.25) is 0 Å². The predicted molar refractivity (Wildman–Crippen MR) is 71.1 cm³/mol. The van der Waals surface area contributed by atoms with E-state index in [4.69, 9.17) is 16.3 Å². The lowest BCUT2D eigenvalue weighted by Gasteiger charge is -2.45. The first-order valence-electron chi connectivity index (χ1n) is 6.58. The number of benzene rings is 1. The maximum atomic E-state index is 11.9. The zero-order chi connectivity index (χ0) is 12.8. The fourth-order valence-electron chi connectivity index (χ4n) is 3.27. The van der Waals surface area contributed by atoms with Gasteiger partial charge in [0.1, 0.15) is 17.6 Å². The second-order valence-electron chi connectivity index (χ2n) is 5.51. The molecular weight excluding hydrogens is 248 g/mol. The van der Waals surface area contributed by atoms with E-state index in [9.17, 15) is 4.79 Å². The zero-order valence-corrected chi connectivity index (χ0v) is 11.3.